The lowest BCUT2D eigenvalue weighted by molar-refractivity contribution is -0.133. The molecule has 1 aromatic rings. The number of hydrogen-bond donors (Lipinski definition) is 0. The van der Waals surface area contributed by atoms with Gasteiger partial charge in [0.05, 0.1) is 13.5 Å². The van der Waals surface area contributed by atoms with Gasteiger partial charge in [-0.2, -0.15) is 13.2 Å². The Balaban J connectivity index is 2.82. The number of carbonyl (C=O) groups is 1. The molecule has 0 N–H and O–H groups in total. The van der Waals surface area contributed by atoms with Crippen LogP contribution in [0, 0.1) is 0 Å². The lowest BCUT2D eigenvalue weighted by atomic mass is 10.1. The quantitative estimate of drug-likeness (QED) is 0.800. The molecule has 0 spiro atoms. The zero-order valence-electron chi connectivity index (χ0n) is 8.84. The van der Waals surface area contributed by atoms with Gasteiger partial charge in [0, 0.05) is 17.1 Å². The minimum Gasteiger partial charge on any atom is -0.494 e. The Bertz CT molecular complexity index is 421. The number of hydrogen-bond acceptors (Lipinski definition) is 3. The monoisotopic (exact) mass is 311 g/mol. The molecule has 17 heavy (non-hydrogen) atoms. The average Bonchev–Trinajstić information content (AvgIpc) is 2.24. The van der Waals surface area contributed by atoms with Gasteiger partial charge in [0.1, 0.15) is 11.4 Å². The van der Waals surface area contributed by atoms with Crippen LogP contribution in [0.5, 0.6) is 5.75 Å². The second-order valence-electron chi connectivity index (χ2n) is 3.24. The summed E-state index contributed by atoms with van der Waals surface area (Å²) >= 11 is 3.12. The highest BCUT2D eigenvalue weighted by molar-refractivity contribution is 9.10. The first-order valence-corrected chi connectivity index (χ1v) is 5.42. The Hall–Kier alpha value is -1.11. The van der Waals surface area contributed by atoms with Crippen LogP contribution < -0.4 is 4.74 Å². The number of nitrogens with zero attached hydrogens (tertiary/aromatic N) is 1. The highest BCUT2D eigenvalue weighted by Crippen LogP contribution is 2.26. The molecule has 0 aliphatic heterocycles. The molecule has 0 atom stereocenters. The third-order valence-electron chi connectivity index (χ3n) is 1.94. The molecular formula is C10H9BrF3NO2. The summed E-state index contributed by atoms with van der Waals surface area (Å²) in [4.78, 5) is 15.3. The fourth-order valence-corrected chi connectivity index (χ4v) is 1.47. The lowest BCUT2D eigenvalue weighted by Crippen LogP contribution is -2.12. The summed E-state index contributed by atoms with van der Waals surface area (Å²) < 4.78 is 41.4. The van der Waals surface area contributed by atoms with Crippen molar-refractivity contribution in [2.75, 3.05) is 7.11 Å². The molecule has 1 aromatic heterocycles. The van der Waals surface area contributed by atoms with E-state index in [2.05, 4.69) is 20.9 Å². The summed E-state index contributed by atoms with van der Waals surface area (Å²) in [6.07, 6.45) is -4.80. The highest BCUT2D eigenvalue weighted by Gasteiger charge is 2.29. The van der Waals surface area contributed by atoms with Gasteiger partial charge in [-0.15, -0.1) is 0 Å². The zero-order valence-corrected chi connectivity index (χ0v) is 10.4. The molecule has 0 fully saturated rings. The summed E-state index contributed by atoms with van der Waals surface area (Å²) in [6, 6.07) is 1.48. The fourth-order valence-electron chi connectivity index (χ4n) is 1.16. The van der Waals surface area contributed by atoms with Crippen molar-refractivity contribution in [3.8, 4) is 5.75 Å². The maximum atomic E-state index is 12.0. The zero-order chi connectivity index (χ0) is 13.1. The maximum Gasteiger partial charge on any atom is 0.389 e. The molecule has 0 unspecified atom stereocenters. The minimum atomic E-state index is -4.35. The van der Waals surface area contributed by atoms with E-state index >= 15 is 0 Å². The normalized spacial score (nSPS) is 11.4. The van der Waals surface area contributed by atoms with Crippen LogP contribution in [0.1, 0.15) is 23.3 Å². The number of aromatic nitrogens is 1. The number of alkyl halides is 3. The minimum absolute atomic E-state index is 0.0834. The Morgan fingerprint density at radius 3 is 2.71 bits per heavy atom. The van der Waals surface area contributed by atoms with Gasteiger partial charge in [0.15, 0.2) is 5.78 Å². The molecule has 0 radical (unpaired) electrons. The summed E-state index contributed by atoms with van der Waals surface area (Å²) in [5.74, 6) is -0.529. The molecule has 0 saturated heterocycles. The number of halogens is 4. The van der Waals surface area contributed by atoms with Gasteiger partial charge in [-0.1, -0.05) is 0 Å². The second-order valence-corrected chi connectivity index (χ2v) is 4.16. The van der Waals surface area contributed by atoms with Crippen molar-refractivity contribution < 1.29 is 22.7 Å². The molecular weight excluding hydrogens is 303 g/mol. The SMILES string of the molecule is COc1cc(Br)cnc1C(=O)CCC(F)(F)F. The summed E-state index contributed by atoms with van der Waals surface area (Å²) in [5, 5.41) is 0. The van der Waals surface area contributed by atoms with Crippen LogP contribution in [0.4, 0.5) is 13.2 Å². The molecule has 0 amide bonds. The largest absolute Gasteiger partial charge is 0.494 e. The van der Waals surface area contributed by atoms with Gasteiger partial charge < -0.3 is 4.74 Å². The third-order valence-corrected chi connectivity index (χ3v) is 2.37. The van der Waals surface area contributed by atoms with Crippen molar-refractivity contribution in [1.29, 1.82) is 0 Å². The van der Waals surface area contributed by atoms with Gasteiger partial charge in [-0.05, 0) is 22.0 Å². The van der Waals surface area contributed by atoms with Crippen LogP contribution in [0.3, 0.4) is 0 Å². The molecule has 0 aliphatic carbocycles. The van der Waals surface area contributed by atoms with Crippen LogP contribution in [0.25, 0.3) is 0 Å². The predicted molar refractivity (Wildman–Crippen MR) is 58.1 cm³/mol. The molecule has 7 heteroatoms. The van der Waals surface area contributed by atoms with Crippen LogP contribution in [-0.4, -0.2) is 24.1 Å². The molecule has 0 aliphatic rings. The molecule has 3 nitrogen and oxygen atoms in total. The van der Waals surface area contributed by atoms with Crippen molar-refractivity contribution in [2.24, 2.45) is 0 Å². The molecule has 0 saturated carbocycles. The topological polar surface area (TPSA) is 39.2 Å². The highest BCUT2D eigenvalue weighted by atomic mass is 79.9. The molecule has 0 aromatic carbocycles. The van der Waals surface area contributed by atoms with Crippen molar-refractivity contribution in [3.05, 3.63) is 22.4 Å². The number of pyridine rings is 1. The van der Waals surface area contributed by atoms with E-state index in [1.165, 1.54) is 19.4 Å². The first-order valence-electron chi connectivity index (χ1n) is 4.63. The van der Waals surface area contributed by atoms with E-state index in [4.69, 9.17) is 4.74 Å². The lowest BCUT2D eigenvalue weighted by Gasteiger charge is -2.08. The summed E-state index contributed by atoms with van der Waals surface area (Å²) in [5.41, 5.74) is -0.0834. The molecule has 0 bridgehead atoms. The molecule has 1 heterocycles. The standard InChI is InChI=1S/C10H9BrF3NO2/c1-17-8-4-6(11)5-15-9(8)7(16)2-3-10(12,13)14/h4-5H,2-3H2,1H3. The van der Waals surface area contributed by atoms with Gasteiger partial charge in [-0.3, -0.25) is 4.79 Å². The van der Waals surface area contributed by atoms with E-state index in [1.54, 1.807) is 0 Å². The average molecular weight is 312 g/mol. The number of carbonyl (C=O) groups excluding carboxylic acids is 1. The van der Waals surface area contributed by atoms with E-state index in [-0.39, 0.29) is 11.4 Å². The second kappa shape index (κ2) is 5.48. The van der Waals surface area contributed by atoms with Crippen molar-refractivity contribution >= 4 is 21.7 Å². The number of Topliss-reactive ketones (excluding diaryl/α,β-unsaturated/α-hetero) is 1. The Morgan fingerprint density at radius 1 is 1.53 bits per heavy atom. The van der Waals surface area contributed by atoms with Gasteiger partial charge >= 0.3 is 6.18 Å². The van der Waals surface area contributed by atoms with E-state index in [9.17, 15) is 18.0 Å². The van der Waals surface area contributed by atoms with E-state index < -0.39 is 24.8 Å². The van der Waals surface area contributed by atoms with Crippen LogP contribution in [0.15, 0.2) is 16.7 Å². The van der Waals surface area contributed by atoms with Crippen molar-refractivity contribution in [3.63, 3.8) is 0 Å². The van der Waals surface area contributed by atoms with E-state index in [0.29, 0.717) is 4.47 Å². The predicted octanol–water partition coefficient (Wildman–Crippen LogP) is 3.38. The number of ketones is 1. The Kier molecular flexibility index (Phi) is 4.50. The first kappa shape index (κ1) is 14.0. The van der Waals surface area contributed by atoms with E-state index in [0.717, 1.165) is 0 Å². The summed E-state index contributed by atoms with van der Waals surface area (Å²) in [7, 11) is 1.32. The molecule has 94 valence electrons. The number of methoxy groups -OCH3 is 1. The number of ether oxygens (including phenoxy) is 1. The van der Waals surface area contributed by atoms with Crippen molar-refractivity contribution in [1.82, 2.24) is 4.98 Å². The fraction of sp³-hybridized carbons (Fsp3) is 0.400. The van der Waals surface area contributed by atoms with Crippen LogP contribution >= 0.6 is 15.9 Å². The van der Waals surface area contributed by atoms with Crippen LogP contribution in [-0.2, 0) is 0 Å². The van der Waals surface area contributed by atoms with Gasteiger partial charge in [0.2, 0.25) is 0 Å². The Labute approximate surface area is 104 Å². The Morgan fingerprint density at radius 2 is 2.18 bits per heavy atom. The van der Waals surface area contributed by atoms with E-state index in [1.807, 2.05) is 0 Å². The van der Waals surface area contributed by atoms with Gasteiger partial charge in [-0.25, -0.2) is 4.98 Å². The first-order chi connectivity index (χ1) is 7.83. The molecule has 1 rings (SSSR count). The summed E-state index contributed by atoms with van der Waals surface area (Å²) in [6.45, 7) is 0. The van der Waals surface area contributed by atoms with Crippen molar-refractivity contribution in [2.45, 2.75) is 19.0 Å². The number of rotatable bonds is 4. The van der Waals surface area contributed by atoms with Crippen LogP contribution in [0.2, 0.25) is 0 Å². The third kappa shape index (κ3) is 4.33. The smallest absolute Gasteiger partial charge is 0.389 e. The van der Waals surface area contributed by atoms with Gasteiger partial charge in [0.25, 0.3) is 0 Å². The maximum absolute atomic E-state index is 12.0.